The van der Waals surface area contributed by atoms with Crippen LogP contribution in [0.25, 0.3) is 0 Å². The highest BCUT2D eigenvalue weighted by Crippen LogP contribution is 2.10. The zero-order valence-electron chi connectivity index (χ0n) is 10.7. The second-order valence-electron chi connectivity index (χ2n) is 4.41. The maximum atomic E-state index is 11.7. The summed E-state index contributed by atoms with van der Waals surface area (Å²) in [7, 11) is -3.12. The number of nitrogens with one attached hydrogen (secondary N) is 2. The molecule has 0 bridgehead atoms. The molecule has 1 saturated heterocycles. The highest BCUT2D eigenvalue weighted by Gasteiger charge is 2.16. The van der Waals surface area contributed by atoms with E-state index in [1.165, 1.54) is 12.8 Å². The molecule has 1 aliphatic rings. The first-order valence-electron chi connectivity index (χ1n) is 6.36. The predicted octanol–water partition coefficient (Wildman–Crippen LogP) is 0.804. The van der Waals surface area contributed by atoms with Gasteiger partial charge in [-0.2, -0.15) is 0 Å². The van der Waals surface area contributed by atoms with Crippen LogP contribution in [0.1, 0.15) is 25.7 Å². The molecule has 1 aliphatic heterocycles. The average Bonchev–Trinajstić information content (AvgIpc) is 2.38. The van der Waals surface area contributed by atoms with Gasteiger partial charge in [-0.3, -0.25) is 0 Å². The SMILES string of the molecule is C#CCSCCNS(=O)(=O)CCC1CCCCN1. The van der Waals surface area contributed by atoms with Gasteiger partial charge in [-0.05, 0) is 25.8 Å². The first-order valence-corrected chi connectivity index (χ1v) is 9.16. The third-order valence-electron chi connectivity index (χ3n) is 2.90. The quantitative estimate of drug-likeness (QED) is 0.513. The molecule has 0 radical (unpaired) electrons. The van der Waals surface area contributed by atoms with Crippen molar-refractivity contribution in [3.8, 4) is 12.3 Å². The van der Waals surface area contributed by atoms with Crippen LogP contribution in [0.5, 0.6) is 0 Å². The number of terminal acetylenes is 1. The van der Waals surface area contributed by atoms with Crippen molar-refractivity contribution in [2.24, 2.45) is 0 Å². The zero-order chi connectivity index (χ0) is 13.3. The molecule has 4 nitrogen and oxygen atoms in total. The summed E-state index contributed by atoms with van der Waals surface area (Å²) in [6, 6.07) is 0.367. The number of hydrogen-bond acceptors (Lipinski definition) is 4. The van der Waals surface area contributed by atoms with Crippen molar-refractivity contribution in [2.45, 2.75) is 31.7 Å². The summed E-state index contributed by atoms with van der Waals surface area (Å²) in [5.41, 5.74) is 0. The number of sulfonamides is 1. The minimum atomic E-state index is -3.12. The average molecular weight is 290 g/mol. The smallest absolute Gasteiger partial charge is 0.211 e. The summed E-state index contributed by atoms with van der Waals surface area (Å²) in [6.45, 7) is 1.48. The van der Waals surface area contributed by atoms with Crippen molar-refractivity contribution >= 4 is 21.8 Å². The van der Waals surface area contributed by atoms with Crippen LogP contribution in [0.3, 0.4) is 0 Å². The Labute approximate surface area is 115 Å². The second kappa shape index (κ2) is 8.81. The molecule has 0 saturated carbocycles. The van der Waals surface area contributed by atoms with Gasteiger partial charge in [-0.25, -0.2) is 13.1 Å². The third-order valence-corrected chi connectivity index (χ3v) is 5.18. The Morgan fingerprint density at radius 3 is 2.94 bits per heavy atom. The molecule has 0 amide bonds. The van der Waals surface area contributed by atoms with E-state index < -0.39 is 10.0 Å². The maximum absolute atomic E-state index is 11.7. The van der Waals surface area contributed by atoms with Gasteiger partial charge >= 0.3 is 0 Å². The van der Waals surface area contributed by atoms with E-state index in [4.69, 9.17) is 6.42 Å². The van der Waals surface area contributed by atoms with Crippen molar-refractivity contribution in [3.05, 3.63) is 0 Å². The molecule has 0 aromatic heterocycles. The van der Waals surface area contributed by atoms with Gasteiger partial charge in [0.1, 0.15) is 0 Å². The van der Waals surface area contributed by atoms with E-state index in [2.05, 4.69) is 16.0 Å². The molecule has 1 atom stereocenters. The van der Waals surface area contributed by atoms with Gasteiger partial charge in [0.2, 0.25) is 10.0 Å². The van der Waals surface area contributed by atoms with Crippen molar-refractivity contribution in [1.29, 1.82) is 0 Å². The number of rotatable bonds is 8. The molecule has 0 aromatic carbocycles. The summed E-state index contributed by atoms with van der Waals surface area (Å²) in [6.07, 6.45) is 9.31. The molecule has 18 heavy (non-hydrogen) atoms. The lowest BCUT2D eigenvalue weighted by molar-refractivity contribution is 0.392. The van der Waals surface area contributed by atoms with Crippen molar-refractivity contribution in [3.63, 3.8) is 0 Å². The summed E-state index contributed by atoms with van der Waals surface area (Å²) < 4.78 is 26.0. The van der Waals surface area contributed by atoms with E-state index in [0.717, 1.165) is 18.7 Å². The Hall–Kier alpha value is -0.220. The van der Waals surface area contributed by atoms with Gasteiger partial charge in [0.05, 0.1) is 11.5 Å². The molecule has 2 N–H and O–H groups in total. The van der Waals surface area contributed by atoms with Crippen LogP contribution in [-0.2, 0) is 10.0 Å². The lowest BCUT2D eigenvalue weighted by Crippen LogP contribution is -2.37. The van der Waals surface area contributed by atoms with Gasteiger partial charge in [-0.15, -0.1) is 18.2 Å². The van der Waals surface area contributed by atoms with E-state index in [1.54, 1.807) is 11.8 Å². The molecule has 0 aromatic rings. The Bertz CT molecular complexity index is 357. The fourth-order valence-corrected chi connectivity index (χ4v) is 3.73. The van der Waals surface area contributed by atoms with Crippen molar-refractivity contribution in [2.75, 3.05) is 30.3 Å². The fraction of sp³-hybridized carbons (Fsp3) is 0.833. The van der Waals surface area contributed by atoms with Gasteiger partial charge < -0.3 is 5.32 Å². The van der Waals surface area contributed by atoms with Gasteiger partial charge in [-0.1, -0.05) is 12.3 Å². The van der Waals surface area contributed by atoms with Crippen LogP contribution in [0, 0.1) is 12.3 Å². The summed E-state index contributed by atoms with van der Waals surface area (Å²) >= 11 is 1.56. The minimum absolute atomic E-state index is 0.213. The molecule has 0 spiro atoms. The molecule has 1 fully saturated rings. The maximum Gasteiger partial charge on any atom is 0.211 e. The first-order chi connectivity index (χ1) is 8.64. The van der Waals surface area contributed by atoms with Crippen LogP contribution in [0.4, 0.5) is 0 Å². The largest absolute Gasteiger partial charge is 0.314 e. The van der Waals surface area contributed by atoms with E-state index in [-0.39, 0.29) is 5.75 Å². The van der Waals surface area contributed by atoms with Crippen LogP contribution >= 0.6 is 11.8 Å². The molecule has 1 rings (SSSR count). The number of thioether (sulfide) groups is 1. The number of hydrogen-bond donors (Lipinski definition) is 2. The predicted molar refractivity (Wildman–Crippen MR) is 78.2 cm³/mol. The van der Waals surface area contributed by atoms with Crippen molar-refractivity contribution in [1.82, 2.24) is 10.0 Å². The van der Waals surface area contributed by atoms with E-state index in [1.807, 2.05) is 0 Å². The Morgan fingerprint density at radius 1 is 1.44 bits per heavy atom. The second-order valence-corrected chi connectivity index (χ2v) is 7.44. The summed E-state index contributed by atoms with van der Waals surface area (Å²) in [5.74, 6) is 4.08. The monoisotopic (exact) mass is 290 g/mol. The number of piperidine rings is 1. The summed E-state index contributed by atoms with van der Waals surface area (Å²) in [4.78, 5) is 0. The van der Waals surface area contributed by atoms with Gasteiger partial charge in [0.25, 0.3) is 0 Å². The Morgan fingerprint density at radius 2 is 2.28 bits per heavy atom. The van der Waals surface area contributed by atoms with Gasteiger partial charge in [0.15, 0.2) is 0 Å². The molecule has 1 heterocycles. The van der Waals surface area contributed by atoms with Crippen LogP contribution in [0.2, 0.25) is 0 Å². The minimum Gasteiger partial charge on any atom is -0.314 e. The van der Waals surface area contributed by atoms with Crippen LogP contribution < -0.4 is 10.0 Å². The van der Waals surface area contributed by atoms with Crippen molar-refractivity contribution < 1.29 is 8.42 Å². The molecular formula is C12H22N2O2S2. The Kier molecular flexibility index (Phi) is 7.75. The van der Waals surface area contributed by atoms with Crippen LogP contribution in [-0.4, -0.2) is 44.8 Å². The molecule has 0 aliphatic carbocycles. The lowest BCUT2D eigenvalue weighted by atomic mass is 10.0. The normalized spacial score (nSPS) is 20.5. The lowest BCUT2D eigenvalue weighted by Gasteiger charge is -2.23. The molecule has 1 unspecified atom stereocenters. The Balaban J connectivity index is 2.12. The molecule has 6 heteroatoms. The third kappa shape index (κ3) is 7.27. The van der Waals surface area contributed by atoms with Crippen LogP contribution in [0.15, 0.2) is 0 Å². The highest BCUT2D eigenvalue weighted by atomic mass is 32.2. The highest BCUT2D eigenvalue weighted by molar-refractivity contribution is 7.99. The van der Waals surface area contributed by atoms with E-state index in [0.29, 0.717) is 24.8 Å². The van der Waals surface area contributed by atoms with Gasteiger partial charge in [0, 0.05) is 18.3 Å². The standard InChI is InChI=1S/C12H22N2O2S2/c1-2-9-17-10-8-14-18(15,16)11-6-12-5-3-4-7-13-12/h1,12-14H,3-11H2. The first kappa shape index (κ1) is 15.8. The topological polar surface area (TPSA) is 58.2 Å². The molecule has 104 valence electrons. The fourth-order valence-electron chi connectivity index (χ4n) is 1.94. The van der Waals surface area contributed by atoms with E-state index >= 15 is 0 Å². The zero-order valence-corrected chi connectivity index (χ0v) is 12.3. The van der Waals surface area contributed by atoms with E-state index in [9.17, 15) is 8.42 Å². The summed E-state index contributed by atoms with van der Waals surface area (Å²) in [5, 5.41) is 3.36. The molecular weight excluding hydrogens is 268 g/mol.